The van der Waals surface area contributed by atoms with Gasteiger partial charge in [-0.25, -0.2) is 9.59 Å². The Labute approximate surface area is 98.9 Å². The van der Waals surface area contributed by atoms with Gasteiger partial charge in [0, 0.05) is 0 Å². The van der Waals surface area contributed by atoms with Crippen LogP contribution in [0.1, 0.15) is 0 Å². The molecule has 0 bridgehead atoms. The lowest BCUT2D eigenvalue weighted by Crippen LogP contribution is -2.20. The summed E-state index contributed by atoms with van der Waals surface area (Å²) in [5.41, 5.74) is 0. The molecule has 1 fully saturated rings. The highest BCUT2D eigenvalue weighted by molar-refractivity contribution is 5.73. The van der Waals surface area contributed by atoms with E-state index in [1.165, 1.54) is 0 Å². The van der Waals surface area contributed by atoms with Gasteiger partial charge in [0.1, 0.15) is 26.4 Å². The Morgan fingerprint density at radius 2 is 1.00 bits per heavy atom. The minimum Gasteiger partial charge on any atom is -0.462 e. The highest BCUT2D eigenvalue weighted by Crippen LogP contribution is 1.88. The molecular formula is C10H16O7. The van der Waals surface area contributed by atoms with Crippen molar-refractivity contribution in [2.45, 2.75) is 0 Å². The predicted molar refractivity (Wildman–Crippen MR) is 54.4 cm³/mol. The largest absolute Gasteiger partial charge is 0.462 e. The minimum atomic E-state index is -0.535. The molecule has 1 heterocycles. The average molecular weight is 248 g/mol. The summed E-state index contributed by atoms with van der Waals surface area (Å²) in [4.78, 5) is 22.1. The molecule has 17 heavy (non-hydrogen) atoms. The second kappa shape index (κ2) is 8.91. The molecule has 0 aliphatic carbocycles. The van der Waals surface area contributed by atoms with Crippen molar-refractivity contribution < 1.29 is 33.3 Å². The molecule has 7 nitrogen and oxygen atoms in total. The summed E-state index contributed by atoms with van der Waals surface area (Å²) >= 11 is 0. The van der Waals surface area contributed by atoms with E-state index >= 15 is 0 Å². The van der Waals surface area contributed by atoms with Crippen LogP contribution in [-0.2, 0) is 33.3 Å². The second-order valence-electron chi connectivity index (χ2n) is 3.16. The second-order valence-corrected chi connectivity index (χ2v) is 3.16. The van der Waals surface area contributed by atoms with Gasteiger partial charge in [0.2, 0.25) is 0 Å². The number of carbonyl (C=O) groups excluding carboxylic acids is 2. The van der Waals surface area contributed by atoms with E-state index in [2.05, 4.69) is 0 Å². The molecule has 0 radical (unpaired) electrons. The van der Waals surface area contributed by atoms with Crippen molar-refractivity contribution in [1.82, 2.24) is 0 Å². The molecule has 0 unspecified atom stereocenters. The Hall–Kier alpha value is -1.18. The van der Waals surface area contributed by atoms with Gasteiger partial charge >= 0.3 is 11.9 Å². The summed E-state index contributed by atoms with van der Waals surface area (Å²) in [7, 11) is 0. The molecule has 0 aromatic heterocycles. The smallest absolute Gasteiger partial charge is 0.332 e. The van der Waals surface area contributed by atoms with E-state index in [4.69, 9.17) is 23.7 Å². The number of cyclic esters (lactones) is 2. The highest BCUT2D eigenvalue weighted by atomic mass is 16.6. The van der Waals surface area contributed by atoms with Crippen LogP contribution in [0, 0.1) is 0 Å². The van der Waals surface area contributed by atoms with Crippen molar-refractivity contribution in [3.8, 4) is 0 Å². The minimum absolute atomic E-state index is 0.159. The van der Waals surface area contributed by atoms with Gasteiger partial charge in [0.25, 0.3) is 0 Å². The van der Waals surface area contributed by atoms with E-state index < -0.39 is 11.9 Å². The van der Waals surface area contributed by atoms with Crippen LogP contribution in [-0.4, -0.2) is 64.8 Å². The molecule has 0 aromatic carbocycles. The number of hydrogen-bond donors (Lipinski definition) is 0. The number of esters is 2. The number of rotatable bonds is 0. The van der Waals surface area contributed by atoms with Gasteiger partial charge in [-0.2, -0.15) is 0 Å². The van der Waals surface area contributed by atoms with Crippen molar-refractivity contribution in [1.29, 1.82) is 0 Å². The van der Waals surface area contributed by atoms with Crippen LogP contribution in [0.5, 0.6) is 0 Å². The average Bonchev–Trinajstić information content (AvgIpc) is 2.31. The molecule has 0 aromatic rings. The molecule has 0 atom stereocenters. The van der Waals surface area contributed by atoms with E-state index in [0.717, 1.165) is 0 Å². The fraction of sp³-hybridized carbons (Fsp3) is 0.800. The third-order valence-corrected chi connectivity index (χ3v) is 1.79. The molecule has 1 saturated heterocycles. The monoisotopic (exact) mass is 248 g/mol. The van der Waals surface area contributed by atoms with Crippen molar-refractivity contribution in [3.63, 3.8) is 0 Å². The third-order valence-electron chi connectivity index (χ3n) is 1.79. The summed E-state index contributed by atoms with van der Waals surface area (Å²) in [5.74, 6) is -1.07. The summed E-state index contributed by atoms with van der Waals surface area (Å²) in [5, 5.41) is 0. The van der Waals surface area contributed by atoms with Crippen molar-refractivity contribution >= 4 is 11.9 Å². The fourth-order valence-electron chi connectivity index (χ4n) is 1.05. The topological polar surface area (TPSA) is 80.3 Å². The summed E-state index contributed by atoms with van der Waals surface area (Å²) in [6, 6.07) is 0. The van der Waals surface area contributed by atoms with E-state index in [0.29, 0.717) is 26.4 Å². The third kappa shape index (κ3) is 7.67. The molecule has 0 N–H and O–H groups in total. The van der Waals surface area contributed by atoms with Crippen LogP contribution in [0.3, 0.4) is 0 Å². The van der Waals surface area contributed by atoms with Gasteiger partial charge in [0.05, 0.1) is 26.4 Å². The zero-order valence-corrected chi connectivity index (χ0v) is 9.51. The summed E-state index contributed by atoms with van der Waals surface area (Å²) in [6.07, 6.45) is 0. The Morgan fingerprint density at radius 1 is 0.588 bits per heavy atom. The van der Waals surface area contributed by atoms with Gasteiger partial charge in [-0.15, -0.1) is 0 Å². The lowest BCUT2D eigenvalue weighted by atomic mass is 10.6. The SMILES string of the molecule is O=C1COCC(=O)OCCOCCOCCO1. The van der Waals surface area contributed by atoms with Gasteiger partial charge in [-0.1, -0.05) is 0 Å². The number of hydrogen-bond acceptors (Lipinski definition) is 7. The fourth-order valence-corrected chi connectivity index (χ4v) is 1.05. The zero-order chi connectivity index (χ0) is 12.3. The number of carbonyl (C=O) groups is 2. The quantitative estimate of drug-likeness (QED) is 0.516. The lowest BCUT2D eigenvalue weighted by molar-refractivity contribution is -0.156. The van der Waals surface area contributed by atoms with Crippen LogP contribution >= 0.6 is 0 Å². The van der Waals surface area contributed by atoms with Gasteiger partial charge in [0.15, 0.2) is 0 Å². The zero-order valence-electron chi connectivity index (χ0n) is 9.51. The van der Waals surface area contributed by atoms with Crippen LogP contribution in [0.2, 0.25) is 0 Å². The van der Waals surface area contributed by atoms with E-state index in [1.54, 1.807) is 0 Å². The van der Waals surface area contributed by atoms with Crippen LogP contribution in [0.25, 0.3) is 0 Å². The molecule has 0 amide bonds. The van der Waals surface area contributed by atoms with E-state index in [9.17, 15) is 9.59 Å². The lowest BCUT2D eigenvalue weighted by Gasteiger charge is -2.05. The maximum Gasteiger partial charge on any atom is 0.332 e. The predicted octanol–water partition coefficient (Wildman–Crippen LogP) is -0.864. The summed E-state index contributed by atoms with van der Waals surface area (Å²) in [6.45, 7) is 1.20. The van der Waals surface area contributed by atoms with Gasteiger partial charge < -0.3 is 23.7 Å². The molecule has 98 valence electrons. The Kier molecular flexibility index (Phi) is 7.28. The van der Waals surface area contributed by atoms with Crippen molar-refractivity contribution in [3.05, 3.63) is 0 Å². The van der Waals surface area contributed by atoms with Crippen molar-refractivity contribution in [2.24, 2.45) is 0 Å². The summed E-state index contributed by atoms with van der Waals surface area (Å²) < 4.78 is 24.6. The van der Waals surface area contributed by atoms with E-state index in [1.807, 2.05) is 0 Å². The molecule has 0 saturated carbocycles. The molecule has 7 heteroatoms. The molecule has 1 aliphatic rings. The van der Waals surface area contributed by atoms with Crippen molar-refractivity contribution in [2.75, 3.05) is 52.9 Å². The first-order valence-electron chi connectivity index (χ1n) is 5.33. The first-order valence-corrected chi connectivity index (χ1v) is 5.33. The maximum absolute atomic E-state index is 11.0. The Bertz CT molecular complexity index is 217. The van der Waals surface area contributed by atoms with Gasteiger partial charge in [-0.05, 0) is 0 Å². The molecule has 1 rings (SSSR count). The van der Waals surface area contributed by atoms with Crippen LogP contribution < -0.4 is 0 Å². The van der Waals surface area contributed by atoms with Crippen LogP contribution in [0.15, 0.2) is 0 Å². The first-order chi connectivity index (χ1) is 8.29. The Balaban J connectivity index is 2.24. The molecular weight excluding hydrogens is 232 g/mol. The van der Waals surface area contributed by atoms with Gasteiger partial charge in [-0.3, -0.25) is 0 Å². The number of ether oxygens (including phenoxy) is 5. The van der Waals surface area contributed by atoms with Crippen LogP contribution in [0.4, 0.5) is 0 Å². The normalized spacial score (nSPS) is 21.9. The maximum atomic E-state index is 11.0. The first kappa shape index (κ1) is 13.9. The Morgan fingerprint density at radius 3 is 1.47 bits per heavy atom. The van der Waals surface area contributed by atoms with E-state index in [-0.39, 0.29) is 26.4 Å². The molecule has 1 aliphatic heterocycles. The highest BCUT2D eigenvalue weighted by Gasteiger charge is 2.07. The standard InChI is InChI=1S/C10H16O7/c11-9-7-15-8-10(12)17-6-4-14-2-1-13-3-5-16-9/h1-8H2. The molecule has 0 spiro atoms.